The summed E-state index contributed by atoms with van der Waals surface area (Å²) in [5.74, 6) is 0.111. The highest BCUT2D eigenvalue weighted by Gasteiger charge is 2.36. The molecular formula is C9H13N3O2. The van der Waals surface area contributed by atoms with Gasteiger partial charge in [-0.3, -0.25) is 4.68 Å². The van der Waals surface area contributed by atoms with E-state index in [-0.39, 0.29) is 5.92 Å². The minimum absolute atomic E-state index is 0.273. The van der Waals surface area contributed by atoms with Gasteiger partial charge in [-0.05, 0) is 18.8 Å². The van der Waals surface area contributed by atoms with E-state index in [0.717, 1.165) is 12.8 Å². The van der Waals surface area contributed by atoms with Crippen LogP contribution < -0.4 is 5.32 Å². The lowest BCUT2D eigenvalue weighted by atomic mass is 10.2. The molecule has 2 N–H and O–H groups in total. The second-order valence-corrected chi connectivity index (χ2v) is 3.67. The summed E-state index contributed by atoms with van der Waals surface area (Å²) in [6.45, 7) is 0. The fourth-order valence-corrected chi connectivity index (χ4v) is 1.46. The van der Waals surface area contributed by atoms with Crippen molar-refractivity contribution in [3.63, 3.8) is 0 Å². The Kier molecular flexibility index (Phi) is 2.15. The van der Waals surface area contributed by atoms with Crippen molar-refractivity contribution in [2.24, 2.45) is 13.0 Å². The highest BCUT2D eigenvalue weighted by atomic mass is 16.4. The molecule has 1 heterocycles. The van der Waals surface area contributed by atoms with E-state index in [2.05, 4.69) is 10.4 Å². The van der Waals surface area contributed by atoms with E-state index in [9.17, 15) is 4.79 Å². The summed E-state index contributed by atoms with van der Waals surface area (Å²) in [7, 11) is 1.80. The van der Waals surface area contributed by atoms with E-state index < -0.39 is 12.0 Å². The standard InChI is InChI=1S/C9H13N3O2/c1-12-5-4-7(11-12)10-8(9(13)14)6-2-3-6/h4-6,8H,2-3H2,1H3,(H,10,11)(H,13,14). The molecule has 2 rings (SSSR count). The first kappa shape index (κ1) is 9.05. The number of carboxylic acids is 1. The lowest BCUT2D eigenvalue weighted by Gasteiger charge is -2.11. The average molecular weight is 195 g/mol. The van der Waals surface area contributed by atoms with Gasteiger partial charge in [0.25, 0.3) is 0 Å². The molecule has 1 aromatic rings. The first-order valence-corrected chi connectivity index (χ1v) is 4.66. The molecule has 1 saturated carbocycles. The zero-order valence-electron chi connectivity index (χ0n) is 7.97. The lowest BCUT2D eigenvalue weighted by molar-refractivity contribution is -0.138. The number of carboxylic acid groups (broad SMARTS) is 1. The van der Waals surface area contributed by atoms with Gasteiger partial charge in [0.2, 0.25) is 0 Å². The third-order valence-corrected chi connectivity index (χ3v) is 2.38. The number of rotatable bonds is 4. The molecule has 1 fully saturated rings. The van der Waals surface area contributed by atoms with Gasteiger partial charge in [-0.15, -0.1) is 0 Å². The van der Waals surface area contributed by atoms with Crippen LogP contribution in [0.3, 0.4) is 0 Å². The van der Waals surface area contributed by atoms with Crippen LogP contribution >= 0.6 is 0 Å². The highest BCUT2D eigenvalue weighted by molar-refractivity contribution is 5.77. The highest BCUT2D eigenvalue weighted by Crippen LogP contribution is 2.34. The first-order chi connectivity index (χ1) is 6.66. The van der Waals surface area contributed by atoms with Gasteiger partial charge < -0.3 is 10.4 Å². The Morgan fingerprint density at radius 1 is 1.79 bits per heavy atom. The van der Waals surface area contributed by atoms with Gasteiger partial charge in [-0.2, -0.15) is 5.10 Å². The largest absolute Gasteiger partial charge is 0.480 e. The predicted octanol–water partition coefficient (Wildman–Crippen LogP) is 0.695. The molecule has 0 spiro atoms. The molecule has 76 valence electrons. The molecule has 0 aliphatic heterocycles. The van der Waals surface area contributed by atoms with Crippen LogP contribution in [0.2, 0.25) is 0 Å². The molecule has 5 heteroatoms. The maximum atomic E-state index is 10.9. The smallest absolute Gasteiger partial charge is 0.326 e. The van der Waals surface area contributed by atoms with Gasteiger partial charge in [0.05, 0.1) is 0 Å². The zero-order chi connectivity index (χ0) is 10.1. The molecule has 0 saturated heterocycles. The van der Waals surface area contributed by atoms with Gasteiger partial charge in [0, 0.05) is 19.3 Å². The summed E-state index contributed by atoms with van der Waals surface area (Å²) < 4.78 is 1.65. The molecule has 0 radical (unpaired) electrons. The number of carbonyl (C=O) groups is 1. The van der Waals surface area contributed by atoms with Crippen LogP contribution in [0.5, 0.6) is 0 Å². The Morgan fingerprint density at radius 3 is 2.93 bits per heavy atom. The van der Waals surface area contributed by atoms with Crippen molar-refractivity contribution in [3.8, 4) is 0 Å². The fraction of sp³-hybridized carbons (Fsp3) is 0.556. The number of hydrogen-bond acceptors (Lipinski definition) is 3. The number of hydrogen-bond donors (Lipinski definition) is 2. The Labute approximate surface area is 81.7 Å². The van der Waals surface area contributed by atoms with Crippen molar-refractivity contribution < 1.29 is 9.90 Å². The molecular weight excluding hydrogens is 182 g/mol. The van der Waals surface area contributed by atoms with Crippen molar-refractivity contribution in [1.29, 1.82) is 0 Å². The zero-order valence-corrected chi connectivity index (χ0v) is 7.97. The second kappa shape index (κ2) is 3.32. The minimum atomic E-state index is -0.793. The van der Waals surface area contributed by atoms with E-state index in [0.29, 0.717) is 5.82 Å². The normalized spacial score (nSPS) is 17.8. The van der Waals surface area contributed by atoms with Crippen molar-refractivity contribution in [2.45, 2.75) is 18.9 Å². The molecule has 1 aliphatic carbocycles. The number of aliphatic carboxylic acids is 1. The summed E-state index contributed by atoms with van der Waals surface area (Å²) in [4.78, 5) is 10.9. The molecule has 0 amide bonds. The Bertz CT molecular complexity index is 344. The van der Waals surface area contributed by atoms with Crippen LogP contribution in [-0.4, -0.2) is 26.9 Å². The molecule has 0 bridgehead atoms. The van der Waals surface area contributed by atoms with Gasteiger partial charge in [-0.25, -0.2) is 4.79 Å². The lowest BCUT2D eigenvalue weighted by Crippen LogP contribution is -2.31. The van der Waals surface area contributed by atoms with Gasteiger partial charge in [-0.1, -0.05) is 0 Å². The summed E-state index contributed by atoms with van der Waals surface area (Å²) >= 11 is 0. The van der Waals surface area contributed by atoms with Gasteiger partial charge in [0.15, 0.2) is 0 Å². The minimum Gasteiger partial charge on any atom is -0.480 e. The van der Waals surface area contributed by atoms with E-state index >= 15 is 0 Å². The van der Waals surface area contributed by atoms with Crippen molar-refractivity contribution in [2.75, 3.05) is 5.32 Å². The molecule has 1 aromatic heterocycles. The molecule has 5 nitrogen and oxygen atoms in total. The van der Waals surface area contributed by atoms with E-state index in [1.54, 1.807) is 24.0 Å². The van der Waals surface area contributed by atoms with Crippen LogP contribution in [0, 0.1) is 5.92 Å². The van der Waals surface area contributed by atoms with Crippen molar-refractivity contribution in [3.05, 3.63) is 12.3 Å². The molecule has 1 atom stereocenters. The number of nitrogens with one attached hydrogen (secondary N) is 1. The number of nitrogens with zero attached hydrogens (tertiary/aromatic N) is 2. The summed E-state index contributed by atoms with van der Waals surface area (Å²) in [5.41, 5.74) is 0. The quantitative estimate of drug-likeness (QED) is 0.742. The van der Waals surface area contributed by atoms with Crippen LogP contribution in [0.15, 0.2) is 12.3 Å². The van der Waals surface area contributed by atoms with Crippen LogP contribution in [0.1, 0.15) is 12.8 Å². The number of anilines is 1. The van der Waals surface area contributed by atoms with Crippen molar-refractivity contribution >= 4 is 11.8 Å². The molecule has 1 aliphatic rings. The molecule has 0 aromatic carbocycles. The van der Waals surface area contributed by atoms with Crippen molar-refractivity contribution in [1.82, 2.24) is 9.78 Å². The van der Waals surface area contributed by atoms with E-state index in [1.807, 2.05) is 0 Å². The monoisotopic (exact) mass is 195 g/mol. The Balaban J connectivity index is 2.03. The predicted molar refractivity (Wildman–Crippen MR) is 51.0 cm³/mol. The second-order valence-electron chi connectivity index (χ2n) is 3.67. The van der Waals surface area contributed by atoms with E-state index in [1.165, 1.54) is 0 Å². The van der Waals surface area contributed by atoms with Crippen LogP contribution in [0.4, 0.5) is 5.82 Å². The third-order valence-electron chi connectivity index (χ3n) is 2.38. The topological polar surface area (TPSA) is 67.2 Å². The Hall–Kier alpha value is -1.52. The third kappa shape index (κ3) is 1.86. The SMILES string of the molecule is Cn1ccc(NC(C(=O)O)C2CC2)n1. The fourth-order valence-electron chi connectivity index (χ4n) is 1.46. The summed E-state index contributed by atoms with van der Waals surface area (Å²) in [6, 6.07) is 1.29. The maximum absolute atomic E-state index is 10.9. The average Bonchev–Trinajstić information content (AvgIpc) is 2.86. The van der Waals surface area contributed by atoms with Gasteiger partial charge >= 0.3 is 5.97 Å². The number of aryl methyl sites for hydroxylation is 1. The van der Waals surface area contributed by atoms with E-state index in [4.69, 9.17) is 5.11 Å². The maximum Gasteiger partial charge on any atom is 0.326 e. The molecule has 1 unspecified atom stereocenters. The summed E-state index contributed by atoms with van der Waals surface area (Å²) in [5, 5.41) is 16.0. The Morgan fingerprint density at radius 2 is 2.50 bits per heavy atom. The first-order valence-electron chi connectivity index (χ1n) is 4.66. The summed E-state index contributed by atoms with van der Waals surface area (Å²) in [6.07, 6.45) is 3.78. The number of aromatic nitrogens is 2. The van der Waals surface area contributed by atoms with Gasteiger partial charge in [0.1, 0.15) is 11.9 Å². The van der Waals surface area contributed by atoms with Crippen LogP contribution in [-0.2, 0) is 11.8 Å². The van der Waals surface area contributed by atoms with Crippen LogP contribution in [0.25, 0.3) is 0 Å². The molecule has 14 heavy (non-hydrogen) atoms.